The quantitative estimate of drug-likeness (QED) is 0.670. The van der Waals surface area contributed by atoms with E-state index in [-0.39, 0.29) is 5.82 Å². The van der Waals surface area contributed by atoms with Crippen molar-refractivity contribution in [2.45, 2.75) is 0 Å². The summed E-state index contributed by atoms with van der Waals surface area (Å²) in [5.41, 5.74) is 2.49. The number of halogens is 1. The second-order valence-corrected chi connectivity index (χ2v) is 5.41. The molecule has 0 aliphatic heterocycles. The fourth-order valence-corrected chi connectivity index (χ4v) is 3.01. The Kier molecular flexibility index (Phi) is 3.18. The Labute approximate surface area is 117 Å². The third-order valence-corrected chi connectivity index (χ3v) is 4.15. The van der Waals surface area contributed by atoms with Gasteiger partial charge in [-0.2, -0.15) is 0 Å². The monoisotopic (exact) mass is 289 g/mol. The van der Waals surface area contributed by atoms with Gasteiger partial charge in [0.25, 0.3) is 0 Å². The van der Waals surface area contributed by atoms with Crippen LogP contribution in [0.4, 0.5) is 9.52 Å². The summed E-state index contributed by atoms with van der Waals surface area (Å²) in [7, 11) is 0. The standard InChI is InChI=1S/C13H8FN3S2/c1-15-13-17-11(7-19-13)10-6-18-12(16-10)8-2-4-9(14)5-3-8/h2-7H,1H2. The molecule has 0 N–H and O–H groups in total. The predicted molar refractivity (Wildman–Crippen MR) is 77.8 cm³/mol. The first kappa shape index (κ1) is 12.1. The minimum absolute atomic E-state index is 0.248. The molecule has 6 heteroatoms. The third-order valence-electron chi connectivity index (χ3n) is 2.49. The molecule has 0 saturated carbocycles. The van der Waals surface area contributed by atoms with Gasteiger partial charge in [-0.25, -0.2) is 19.4 Å². The number of benzene rings is 1. The molecule has 0 unspecified atom stereocenters. The van der Waals surface area contributed by atoms with Gasteiger partial charge in [-0.1, -0.05) is 0 Å². The first-order valence-electron chi connectivity index (χ1n) is 5.40. The fourth-order valence-electron chi connectivity index (χ4n) is 1.57. The van der Waals surface area contributed by atoms with E-state index >= 15 is 0 Å². The van der Waals surface area contributed by atoms with E-state index in [0.29, 0.717) is 5.13 Å². The predicted octanol–water partition coefficient (Wildman–Crippen LogP) is 4.40. The lowest BCUT2D eigenvalue weighted by Crippen LogP contribution is -1.80. The van der Waals surface area contributed by atoms with Gasteiger partial charge in [0, 0.05) is 16.3 Å². The van der Waals surface area contributed by atoms with Crippen LogP contribution in [0.5, 0.6) is 0 Å². The Balaban J connectivity index is 1.94. The molecule has 0 radical (unpaired) electrons. The Morgan fingerprint density at radius 1 is 1.00 bits per heavy atom. The van der Waals surface area contributed by atoms with E-state index < -0.39 is 0 Å². The third kappa shape index (κ3) is 2.45. The van der Waals surface area contributed by atoms with E-state index in [9.17, 15) is 4.39 Å². The smallest absolute Gasteiger partial charge is 0.209 e. The molecule has 2 aromatic heterocycles. The van der Waals surface area contributed by atoms with Crippen LogP contribution in [0.15, 0.2) is 40.0 Å². The molecule has 0 aliphatic rings. The van der Waals surface area contributed by atoms with Gasteiger partial charge in [0.2, 0.25) is 5.13 Å². The van der Waals surface area contributed by atoms with Crippen molar-refractivity contribution in [2.75, 3.05) is 0 Å². The molecule has 1 aromatic carbocycles. The van der Waals surface area contributed by atoms with E-state index in [1.165, 1.54) is 34.8 Å². The van der Waals surface area contributed by atoms with Gasteiger partial charge in [0.1, 0.15) is 22.2 Å². The normalized spacial score (nSPS) is 10.6. The van der Waals surface area contributed by atoms with Crippen LogP contribution in [0.1, 0.15) is 0 Å². The minimum atomic E-state index is -0.248. The molecule has 19 heavy (non-hydrogen) atoms. The highest BCUT2D eigenvalue weighted by Crippen LogP contribution is 2.31. The van der Waals surface area contributed by atoms with E-state index in [0.717, 1.165) is 22.0 Å². The molecule has 2 heterocycles. The molecule has 0 atom stereocenters. The molecule has 3 nitrogen and oxygen atoms in total. The van der Waals surface area contributed by atoms with Crippen molar-refractivity contribution in [2.24, 2.45) is 4.99 Å². The first-order chi connectivity index (χ1) is 9.26. The highest BCUT2D eigenvalue weighted by atomic mass is 32.1. The summed E-state index contributed by atoms with van der Waals surface area (Å²) in [5, 5.41) is 5.30. The van der Waals surface area contributed by atoms with E-state index in [1.807, 2.05) is 10.8 Å². The van der Waals surface area contributed by atoms with E-state index in [2.05, 4.69) is 21.7 Å². The number of rotatable bonds is 3. The zero-order chi connectivity index (χ0) is 13.2. The molecule has 0 fully saturated rings. The number of thiazole rings is 2. The summed E-state index contributed by atoms with van der Waals surface area (Å²) >= 11 is 2.93. The summed E-state index contributed by atoms with van der Waals surface area (Å²) in [5.74, 6) is -0.248. The van der Waals surface area contributed by atoms with Crippen molar-refractivity contribution < 1.29 is 4.39 Å². The molecule has 0 saturated heterocycles. The van der Waals surface area contributed by atoms with Crippen molar-refractivity contribution in [3.63, 3.8) is 0 Å². The minimum Gasteiger partial charge on any atom is -0.236 e. The van der Waals surface area contributed by atoms with Crippen LogP contribution in [0.3, 0.4) is 0 Å². The molecule has 3 aromatic rings. The largest absolute Gasteiger partial charge is 0.236 e. The average Bonchev–Trinajstić information content (AvgIpc) is 3.08. The zero-order valence-electron chi connectivity index (χ0n) is 9.71. The van der Waals surface area contributed by atoms with Crippen LogP contribution < -0.4 is 0 Å². The summed E-state index contributed by atoms with van der Waals surface area (Å²) < 4.78 is 12.9. The fraction of sp³-hybridized carbons (Fsp3) is 0. The molecule has 0 aliphatic carbocycles. The average molecular weight is 289 g/mol. The van der Waals surface area contributed by atoms with Crippen molar-refractivity contribution >= 4 is 34.5 Å². The van der Waals surface area contributed by atoms with E-state index in [4.69, 9.17) is 0 Å². The van der Waals surface area contributed by atoms with Gasteiger partial charge >= 0.3 is 0 Å². The van der Waals surface area contributed by atoms with Gasteiger partial charge in [-0.15, -0.1) is 22.7 Å². The van der Waals surface area contributed by atoms with Gasteiger partial charge in [-0.05, 0) is 31.0 Å². The maximum absolute atomic E-state index is 12.9. The van der Waals surface area contributed by atoms with Crippen LogP contribution in [-0.4, -0.2) is 16.7 Å². The van der Waals surface area contributed by atoms with E-state index in [1.54, 1.807) is 12.1 Å². The Hall–Kier alpha value is -1.92. The summed E-state index contributed by atoms with van der Waals surface area (Å²) in [4.78, 5) is 12.6. The van der Waals surface area contributed by atoms with Gasteiger partial charge in [0.05, 0.1) is 0 Å². The molecular formula is C13H8FN3S2. The van der Waals surface area contributed by atoms with Crippen molar-refractivity contribution in [1.29, 1.82) is 0 Å². The van der Waals surface area contributed by atoms with Gasteiger partial charge in [0.15, 0.2) is 0 Å². The number of nitrogens with zero attached hydrogens (tertiary/aromatic N) is 3. The van der Waals surface area contributed by atoms with Gasteiger partial charge < -0.3 is 0 Å². The summed E-state index contributed by atoms with van der Waals surface area (Å²) in [6, 6.07) is 6.30. The van der Waals surface area contributed by atoms with Crippen molar-refractivity contribution in [3.05, 3.63) is 40.8 Å². The maximum Gasteiger partial charge on any atom is 0.209 e. The van der Waals surface area contributed by atoms with Crippen LogP contribution in [0.2, 0.25) is 0 Å². The van der Waals surface area contributed by atoms with Crippen LogP contribution in [0, 0.1) is 5.82 Å². The Morgan fingerprint density at radius 2 is 1.68 bits per heavy atom. The molecule has 0 bridgehead atoms. The van der Waals surface area contributed by atoms with Crippen molar-refractivity contribution in [3.8, 4) is 22.0 Å². The summed E-state index contributed by atoms with van der Waals surface area (Å²) in [6.45, 7) is 3.44. The first-order valence-corrected chi connectivity index (χ1v) is 7.16. The molecule has 0 amide bonds. The topological polar surface area (TPSA) is 38.1 Å². The highest BCUT2D eigenvalue weighted by Gasteiger charge is 2.09. The molecule has 3 rings (SSSR count). The summed E-state index contributed by atoms with van der Waals surface area (Å²) in [6.07, 6.45) is 0. The Morgan fingerprint density at radius 3 is 2.37 bits per heavy atom. The zero-order valence-corrected chi connectivity index (χ0v) is 11.3. The van der Waals surface area contributed by atoms with Gasteiger partial charge in [-0.3, -0.25) is 0 Å². The molecular weight excluding hydrogens is 281 g/mol. The van der Waals surface area contributed by atoms with Crippen LogP contribution in [-0.2, 0) is 0 Å². The maximum atomic E-state index is 12.9. The molecule has 0 spiro atoms. The van der Waals surface area contributed by atoms with Crippen LogP contribution >= 0.6 is 22.7 Å². The second kappa shape index (κ2) is 4.99. The number of aromatic nitrogens is 2. The highest BCUT2D eigenvalue weighted by molar-refractivity contribution is 7.14. The lowest BCUT2D eigenvalue weighted by Gasteiger charge is -1.94. The lowest BCUT2D eigenvalue weighted by molar-refractivity contribution is 0.628. The number of aliphatic imine (C=N–C) groups is 1. The number of hydrogen-bond acceptors (Lipinski definition) is 5. The van der Waals surface area contributed by atoms with Crippen molar-refractivity contribution in [1.82, 2.24) is 9.97 Å². The number of hydrogen-bond donors (Lipinski definition) is 0. The lowest BCUT2D eigenvalue weighted by atomic mass is 10.2. The van der Waals surface area contributed by atoms with Crippen LogP contribution in [0.25, 0.3) is 22.0 Å². The SMILES string of the molecule is C=Nc1nc(-c2csc(-c3ccc(F)cc3)n2)cs1. The molecule has 94 valence electrons. The Bertz CT molecular complexity index is 716. The second-order valence-electron chi connectivity index (χ2n) is 3.72.